The molecule has 0 spiro atoms. The summed E-state index contributed by atoms with van der Waals surface area (Å²) >= 11 is 0. The van der Waals surface area contributed by atoms with Gasteiger partial charge in [0.15, 0.2) is 0 Å². The zero-order chi connectivity index (χ0) is 17.3. The van der Waals surface area contributed by atoms with Crippen LogP contribution in [-0.4, -0.2) is 16.6 Å². The fourth-order valence-corrected chi connectivity index (χ4v) is 3.59. The van der Waals surface area contributed by atoms with Crippen LogP contribution in [0.5, 0.6) is 0 Å². The van der Waals surface area contributed by atoms with Crippen molar-refractivity contribution in [3.63, 3.8) is 0 Å². The van der Waals surface area contributed by atoms with Gasteiger partial charge < -0.3 is 10.4 Å². The number of anilines is 1. The molecule has 3 rings (SSSR count). The fraction of sp³-hybridized carbons (Fsp3) is 0.381. The monoisotopic (exact) mass is 323 g/mol. The van der Waals surface area contributed by atoms with Crippen LogP contribution in [0.1, 0.15) is 36.1 Å². The predicted molar refractivity (Wildman–Crippen MR) is 97.6 cm³/mol. The van der Waals surface area contributed by atoms with E-state index in [1.807, 2.05) is 30.3 Å². The number of hydrogen-bond donors (Lipinski definition) is 2. The van der Waals surface area contributed by atoms with Crippen molar-refractivity contribution in [1.29, 1.82) is 0 Å². The number of hydrogen-bond acceptors (Lipinski definition) is 2. The number of aliphatic carboxylic acids is 1. The van der Waals surface area contributed by atoms with Gasteiger partial charge in [-0.2, -0.15) is 0 Å². The van der Waals surface area contributed by atoms with Crippen LogP contribution in [0.2, 0.25) is 0 Å². The lowest BCUT2D eigenvalue weighted by Gasteiger charge is -2.27. The van der Waals surface area contributed by atoms with Gasteiger partial charge in [0.1, 0.15) is 5.54 Å². The highest BCUT2D eigenvalue weighted by atomic mass is 16.4. The van der Waals surface area contributed by atoms with Gasteiger partial charge in [0.25, 0.3) is 0 Å². The molecule has 0 fully saturated rings. The zero-order valence-electron chi connectivity index (χ0n) is 14.6. The SMILES string of the molecule is Cc1ccc(NC2(C(=O)O)Cc3ccccc3C2)cc1CC(C)C. The van der Waals surface area contributed by atoms with Crippen molar-refractivity contribution in [1.82, 2.24) is 0 Å². The van der Waals surface area contributed by atoms with Gasteiger partial charge in [-0.05, 0) is 53.6 Å². The molecule has 2 aromatic carbocycles. The number of benzene rings is 2. The van der Waals surface area contributed by atoms with Crippen LogP contribution >= 0.6 is 0 Å². The molecule has 3 heteroatoms. The van der Waals surface area contributed by atoms with E-state index in [0.717, 1.165) is 23.2 Å². The number of rotatable bonds is 5. The van der Waals surface area contributed by atoms with Crippen molar-refractivity contribution in [3.05, 3.63) is 64.7 Å². The van der Waals surface area contributed by atoms with Gasteiger partial charge in [0.2, 0.25) is 0 Å². The normalized spacial score (nSPS) is 15.3. The average molecular weight is 323 g/mol. The molecule has 0 radical (unpaired) electrons. The summed E-state index contributed by atoms with van der Waals surface area (Å²) in [5.41, 5.74) is 4.74. The first-order chi connectivity index (χ1) is 11.4. The Hall–Kier alpha value is -2.29. The molecule has 2 aromatic rings. The van der Waals surface area contributed by atoms with Crippen LogP contribution in [0.4, 0.5) is 5.69 Å². The molecule has 0 saturated heterocycles. The van der Waals surface area contributed by atoms with E-state index >= 15 is 0 Å². The second-order valence-corrected chi connectivity index (χ2v) is 7.37. The van der Waals surface area contributed by atoms with Crippen molar-refractivity contribution in [3.8, 4) is 0 Å². The van der Waals surface area contributed by atoms with E-state index in [4.69, 9.17) is 0 Å². The number of nitrogens with one attached hydrogen (secondary N) is 1. The van der Waals surface area contributed by atoms with Gasteiger partial charge in [-0.15, -0.1) is 0 Å². The Balaban J connectivity index is 1.90. The molecule has 24 heavy (non-hydrogen) atoms. The smallest absolute Gasteiger partial charge is 0.330 e. The van der Waals surface area contributed by atoms with Crippen LogP contribution in [0, 0.1) is 12.8 Å². The van der Waals surface area contributed by atoms with E-state index in [9.17, 15) is 9.90 Å². The zero-order valence-corrected chi connectivity index (χ0v) is 14.6. The molecule has 1 aliphatic carbocycles. The molecule has 0 aliphatic heterocycles. The molecule has 2 N–H and O–H groups in total. The molecular weight excluding hydrogens is 298 g/mol. The van der Waals surface area contributed by atoms with Crippen molar-refractivity contribution >= 4 is 11.7 Å². The highest BCUT2D eigenvalue weighted by Crippen LogP contribution is 2.34. The van der Waals surface area contributed by atoms with Gasteiger partial charge in [-0.25, -0.2) is 4.79 Å². The van der Waals surface area contributed by atoms with E-state index in [1.165, 1.54) is 11.1 Å². The summed E-state index contributed by atoms with van der Waals surface area (Å²) < 4.78 is 0. The molecule has 0 unspecified atom stereocenters. The predicted octanol–water partition coefficient (Wildman–Crippen LogP) is 4.23. The quantitative estimate of drug-likeness (QED) is 0.866. The highest BCUT2D eigenvalue weighted by Gasteiger charge is 2.44. The second-order valence-electron chi connectivity index (χ2n) is 7.37. The number of carboxylic acid groups (broad SMARTS) is 1. The maximum absolute atomic E-state index is 12.1. The lowest BCUT2D eigenvalue weighted by molar-refractivity contribution is -0.142. The van der Waals surface area contributed by atoms with Crippen molar-refractivity contribution in [2.75, 3.05) is 5.32 Å². The minimum Gasteiger partial charge on any atom is -0.479 e. The third kappa shape index (κ3) is 3.16. The van der Waals surface area contributed by atoms with Crippen molar-refractivity contribution in [2.45, 2.75) is 45.6 Å². The molecule has 0 heterocycles. The molecule has 0 saturated carbocycles. The van der Waals surface area contributed by atoms with Crippen LogP contribution in [0.15, 0.2) is 42.5 Å². The molecular formula is C21H25NO2. The van der Waals surface area contributed by atoms with Gasteiger partial charge in [-0.3, -0.25) is 0 Å². The maximum atomic E-state index is 12.1. The average Bonchev–Trinajstić information content (AvgIpc) is 2.89. The number of carbonyl (C=O) groups is 1. The summed E-state index contributed by atoms with van der Waals surface area (Å²) in [6, 6.07) is 14.2. The van der Waals surface area contributed by atoms with E-state index in [1.54, 1.807) is 0 Å². The Kier molecular flexibility index (Phi) is 4.35. The lowest BCUT2D eigenvalue weighted by atomic mass is 9.93. The van der Waals surface area contributed by atoms with Gasteiger partial charge in [-0.1, -0.05) is 44.2 Å². The number of carboxylic acids is 1. The van der Waals surface area contributed by atoms with E-state index in [2.05, 4.69) is 38.2 Å². The molecule has 126 valence electrons. The molecule has 0 aromatic heterocycles. The third-order valence-electron chi connectivity index (χ3n) is 4.87. The van der Waals surface area contributed by atoms with Crippen LogP contribution < -0.4 is 5.32 Å². The summed E-state index contributed by atoms with van der Waals surface area (Å²) in [6.07, 6.45) is 2.04. The minimum absolute atomic E-state index is 0.520. The Labute approximate surface area is 143 Å². The fourth-order valence-electron chi connectivity index (χ4n) is 3.59. The molecule has 0 amide bonds. The molecule has 3 nitrogen and oxygen atoms in total. The molecule has 0 bridgehead atoms. The summed E-state index contributed by atoms with van der Waals surface area (Å²) in [4.78, 5) is 12.1. The van der Waals surface area contributed by atoms with Gasteiger partial charge in [0.05, 0.1) is 0 Å². The van der Waals surface area contributed by atoms with Crippen molar-refractivity contribution in [2.24, 2.45) is 5.92 Å². The molecule has 0 atom stereocenters. The van der Waals surface area contributed by atoms with Crippen LogP contribution in [0.3, 0.4) is 0 Å². The first kappa shape index (κ1) is 16.6. The van der Waals surface area contributed by atoms with E-state index < -0.39 is 11.5 Å². The lowest BCUT2D eigenvalue weighted by Crippen LogP contribution is -2.47. The summed E-state index contributed by atoms with van der Waals surface area (Å²) in [7, 11) is 0. The number of aryl methyl sites for hydroxylation is 1. The Morgan fingerprint density at radius 1 is 1.17 bits per heavy atom. The van der Waals surface area contributed by atoms with Crippen LogP contribution in [0.25, 0.3) is 0 Å². The summed E-state index contributed by atoms with van der Waals surface area (Å²) in [5.74, 6) is -0.215. The van der Waals surface area contributed by atoms with Crippen molar-refractivity contribution < 1.29 is 9.90 Å². The molecule has 1 aliphatic rings. The number of fused-ring (bicyclic) bond motifs is 1. The van der Waals surface area contributed by atoms with Gasteiger partial charge >= 0.3 is 5.97 Å². The minimum atomic E-state index is -0.950. The maximum Gasteiger partial charge on any atom is 0.330 e. The largest absolute Gasteiger partial charge is 0.479 e. The van der Waals surface area contributed by atoms with Crippen LogP contribution in [-0.2, 0) is 24.1 Å². The second kappa shape index (κ2) is 6.31. The Bertz CT molecular complexity index is 739. The summed E-state index contributed by atoms with van der Waals surface area (Å²) in [6.45, 7) is 6.51. The van der Waals surface area contributed by atoms with E-state index in [0.29, 0.717) is 18.8 Å². The van der Waals surface area contributed by atoms with Gasteiger partial charge in [0, 0.05) is 18.5 Å². The Morgan fingerprint density at radius 3 is 2.33 bits per heavy atom. The standard InChI is InChI=1S/C21H25NO2/c1-14(2)10-18-11-19(9-8-15(18)3)22-21(20(23)24)12-16-6-4-5-7-17(16)13-21/h4-9,11,14,22H,10,12-13H2,1-3H3,(H,23,24). The highest BCUT2D eigenvalue weighted by molar-refractivity contribution is 5.85. The first-order valence-electron chi connectivity index (χ1n) is 8.57. The first-order valence-corrected chi connectivity index (χ1v) is 8.57. The summed E-state index contributed by atoms with van der Waals surface area (Å²) in [5, 5.41) is 13.2. The third-order valence-corrected chi connectivity index (χ3v) is 4.87. The topological polar surface area (TPSA) is 49.3 Å². The Morgan fingerprint density at radius 2 is 1.79 bits per heavy atom. The van der Waals surface area contributed by atoms with E-state index in [-0.39, 0.29) is 0 Å².